The maximum Gasteiger partial charge on any atom is 0.416 e. The third-order valence-electron chi connectivity index (χ3n) is 9.84. The molecule has 1 aliphatic carbocycles. The standard InChI is InChI=1S/C36H39F6N3O2/c1-24(26-20-28(35(37,38)39)22-29(21-26)36(40,41)42)31(46)43-34(27-12-8-5-9-13-27)16-14-30(15-17-34)45-19-18-44(33(2,3)32(45)47)23-25-10-6-4-7-11-25/h4-13,20-22,24,30H,14-19,23H2,1-3H3,(H,43,46)/t24-,30?,34?/m0/s1. The second-order valence-electron chi connectivity index (χ2n) is 13.2. The van der Waals surface area contributed by atoms with Crippen LogP contribution in [0.5, 0.6) is 0 Å². The second kappa shape index (κ2) is 13.0. The molecule has 0 aromatic heterocycles. The van der Waals surface area contributed by atoms with Crippen molar-refractivity contribution in [2.45, 2.75) is 88.4 Å². The zero-order valence-corrected chi connectivity index (χ0v) is 26.6. The van der Waals surface area contributed by atoms with Crippen molar-refractivity contribution in [3.8, 4) is 0 Å². The van der Waals surface area contributed by atoms with Crippen molar-refractivity contribution in [1.29, 1.82) is 0 Å². The Labute approximate surface area is 270 Å². The summed E-state index contributed by atoms with van der Waals surface area (Å²) in [5.74, 6) is -1.94. The van der Waals surface area contributed by atoms with Gasteiger partial charge >= 0.3 is 12.4 Å². The van der Waals surface area contributed by atoms with Crippen LogP contribution < -0.4 is 5.32 Å². The molecular formula is C36H39F6N3O2. The molecule has 11 heteroatoms. The molecule has 5 nitrogen and oxygen atoms in total. The van der Waals surface area contributed by atoms with E-state index in [1.54, 1.807) is 0 Å². The Bertz CT molecular complexity index is 1530. The number of nitrogens with zero attached hydrogens (tertiary/aromatic N) is 2. The van der Waals surface area contributed by atoms with E-state index in [-0.39, 0.29) is 23.6 Å². The highest BCUT2D eigenvalue weighted by atomic mass is 19.4. The first kappa shape index (κ1) is 34.5. The van der Waals surface area contributed by atoms with Crippen LogP contribution in [0.15, 0.2) is 78.9 Å². The molecule has 47 heavy (non-hydrogen) atoms. The molecule has 3 aromatic carbocycles. The average molecular weight is 660 g/mol. The predicted octanol–water partition coefficient (Wildman–Crippen LogP) is 7.91. The lowest BCUT2D eigenvalue weighted by Crippen LogP contribution is -2.65. The van der Waals surface area contributed by atoms with Gasteiger partial charge in [-0.15, -0.1) is 0 Å². The third kappa shape index (κ3) is 7.35. The number of rotatable bonds is 7. The normalized spacial score (nSPS) is 23.0. The molecule has 1 heterocycles. The molecule has 1 N–H and O–H groups in total. The molecule has 252 valence electrons. The van der Waals surface area contributed by atoms with E-state index < -0.39 is 46.4 Å². The number of halogens is 6. The molecule has 0 bridgehead atoms. The van der Waals surface area contributed by atoms with Crippen molar-refractivity contribution in [3.05, 3.63) is 107 Å². The first-order chi connectivity index (χ1) is 22.0. The van der Waals surface area contributed by atoms with Crippen molar-refractivity contribution >= 4 is 11.8 Å². The van der Waals surface area contributed by atoms with Crippen LogP contribution in [0.1, 0.15) is 80.2 Å². The minimum Gasteiger partial charge on any atom is -0.346 e. The summed E-state index contributed by atoms with van der Waals surface area (Å²) in [6, 6.07) is 20.3. The Morgan fingerprint density at radius 1 is 0.851 bits per heavy atom. The first-order valence-electron chi connectivity index (χ1n) is 15.8. The van der Waals surface area contributed by atoms with Crippen LogP contribution in [-0.4, -0.2) is 46.3 Å². The van der Waals surface area contributed by atoms with Crippen molar-refractivity contribution < 1.29 is 35.9 Å². The fourth-order valence-corrected chi connectivity index (χ4v) is 6.90. The quantitative estimate of drug-likeness (QED) is 0.263. The van der Waals surface area contributed by atoms with Crippen LogP contribution in [-0.2, 0) is 34.0 Å². The summed E-state index contributed by atoms with van der Waals surface area (Å²) in [5, 5.41) is 3.04. The summed E-state index contributed by atoms with van der Waals surface area (Å²) in [5.41, 5.74) is -3.02. The molecule has 2 fully saturated rings. The third-order valence-corrected chi connectivity index (χ3v) is 9.84. The highest BCUT2D eigenvalue weighted by molar-refractivity contribution is 5.87. The number of carbonyl (C=O) groups excluding carboxylic acids is 2. The summed E-state index contributed by atoms with van der Waals surface area (Å²) in [6.07, 6.45) is -8.04. The predicted molar refractivity (Wildman–Crippen MR) is 166 cm³/mol. The maximum atomic E-state index is 13.9. The number of benzene rings is 3. The van der Waals surface area contributed by atoms with Crippen molar-refractivity contribution in [2.24, 2.45) is 0 Å². The lowest BCUT2D eigenvalue weighted by atomic mass is 9.73. The van der Waals surface area contributed by atoms with Crippen LogP contribution in [0.2, 0.25) is 0 Å². The molecule has 0 spiro atoms. The van der Waals surface area contributed by atoms with E-state index in [2.05, 4.69) is 10.2 Å². The minimum absolute atomic E-state index is 0.0274. The Kier molecular flexibility index (Phi) is 9.52. The Morgan fingerprint density at radius 2 is 1.38 bits per heavy atom. The smallest absolute Gasteiger partial charge is 0.346 e. The summed E-state index contributed by atoms with van der Waals surface area (Å²) in [6.45, 7) is 7.07. The summed E-state index contributed by atoms with van der Waals surface area (Å²) in [7, 11) is 0. The van der Waals surface area contributed by atoms with E-state index in [4.69, 9.17) is 0 Å². The van der Waals surface area contributed by atoms with Gasteiger partial charge in [0.1, 0.15) is 0 Å². The van der Waals surface area contributed by atoms with Crippen molar-refractivity contribution in [3.63, 3.8) is 0 Å². The van der Waals surface area contributed by atoms with E-state index in [0.717, 1.165) is 11.1 Å². The summed E-state index contributed by atoms with van der Waals surface area (Å²) in [4.78, 5) is 31.6. The minimum atomic E-state index is -5.02. The highest BCUT2D eigenvalue weighted by Gasteiger charge is 2.47. The van der Waals surface area contributed by atoms with Gasteiger partial charge in [-0.1, -0.05) is 60.7 Å². The lowest BCUT2D eigenvalue weighted by molar-refractivity contribution is -0.154. The molecule has 1 aliphatic heterocycles. The molecular weight excluding hydrogens is 620 g/mol. The fourth-order valence-electron chi connectivity index (χ4n) is 6.90. The summed E-state index contributed by atoms with van der Waals surface area (Å²) < 4.78 is 81.3. The molecule has 1 saturated heterocycles. The number of carbonyl (C=O) groups is 2. The zero-order chi connectivity index (χ0) is 34.2. The van der Waals surface area contributed by atoms with Crippen LogP contribution in [0.3, 0.4) is 0 Å². The Morgan fingerprint density at radius 3 is 1.91 bits per heavy atom. The van der Waals surface area contributed by atoms with E-state index in [0.29, 0.717) is 57.5 Å². The fraction of sp³-hybridized carbons (Fsp3) is 0.444. The second-order valence-corrected chi connectivity index (χ2v) is 13.2. The number of hydrogen-bond donors (Lipinski definition) is 1. The molecule has 2 amide bonds. The van der Waals surface area contributed by atoms with Gasteiger partial charge in [0.25, 0.3) is 0 Å². The zero-order valence-electron chi connectivity index (χ0n) is 26.6. The van der Waals surface area contributed by atoms with Gasteiger partial charge in [-0.3, -0.25) is 14.5 Å². The van der Waals surface area contributed by atoms with Gasteiger partial charge in [0, 0.05) is 25.7 Å². The van der Waals surface area contributed by atoms with Gasteiger partial charge < -0.3 is 10.2 Å². The van der Waals surface area contributed by atoms with Crippen LogP contribution in [0.25, 0.3) is 0 Å². The van der Waals surface area contributed by atoms with Crippen molar-refractivity contribution in [1.82, 2.24) is 15.1 Å². The largest absolute Gasteiger partial charge is 0.416 e. The number of piperazine rings is 1. The van der Waals surface area contributed by atoms with Crippen LogP contribution in [0.4, 0.5) is 26.3 Å². The van der Waals surface area contributed by atoms with Gasteiger partial charge in [0.2, 0.25) is 11.8 Å². The molecule has 5 rings (SSSR count). The molecule has 1 atom stereocenters. The van der Waals surface area contributed by atoms with E-state index in [1.165, 1.54) is 6.92 Å². The van der Waals surface area contributed by atoms with Gasteiger partial charge in [0.15, 0.2) is 0 Å². The Balaban J connectivity index is 1.34. The SMILES string of the molecule is C[C@H](C(=O)NC1(c2ccccc2)CCC(N2CCN(Cc3ccccc3)C(C)(C)C2=O)CC1)c1cc(C(F)(F)F)cc(C(F)(F)F)c1. The van der Waals surface area contributed by atoms with Gasteiger partial charge in [-0.25, -0.2) is 0 Å². The van der Waals surface area contributed by atoms with Crippen LogP contribution >= 0.6 is 0 Å². The number of nitrogens with one attached hydrogen (secondary N) is 1. The summed E-state index contributed by atoms with van der Waals surface area (Å²) >= 11 is 0. The van der Waals surface area contributed by atoms with Gasteiger partial charge in [-0.05, 0) is 81.3 Å². The van der Waals surface area contributed by atoms with Crippen molar-refractivity contribution in [2.75, 3.05) is 13.1 Å². The Hall–Kier alpha value is -3.86. The number of hydrogen-bond acceptors (Lipinski definition) is 3. The monoisotopic (exact) mass is 659 g/mol. The first-order valence-corrected chi connectivity index (χ1v) is 15.8. The van der Waals surface area contributed by atoms with E-state index in [1.807, 2.05) is 79.4 Å². The van der Waals surface area contributed by atoms with Gasteiger partial charge in [0.05, 0.1) is 28.1 Å². The molecule has 0 radical (unpaired) electrons. The lowest BCUT2D eigenvalue weighted by Gasteiger charge is -2.51. The maximum absolute atomic E-state index is 13.9. The number of alkyl halides is 6. The van der Waals surface area contributed by atoms with E-state index >= 15 is 0 Å². The topological polar surface area (TPSA) is 52.7 Å². The van der Waals surface area contributed by atoms with Crippen LogP contribution in [0, 0.1) is 0 Å². The average Bonchev–Trinajstić information content (AvgIpc) is 3.03. The molecule has 1 saturated carbocycles. The molecule has 3 aromatic rings. The van der Waals surface area contributed by atoms with Gasteiger partial charge in [-0.2, -0.15) is 26.3 Å². The molecule has 0 unspecified atom stereocenters. The molecule has 2 aliphatic rings. The highest BCUT2D eigenvalue weighted by Crippen LogP contribution is 2.42. The van der Waals surface area contributed by atoms with E-state index in [9.17, 15) is 35.9 Å². The number of amides is 2.